The van der Waals surface area contributed by atoms with Crippen LogP contribution in [0.5, 0.6) is 5.75 Å². The van der Waals surface area contributed by atoms with Crippen LogP contribution in [0.1, 0.15) is 47.2 Å². The van der Waals surface area contributed by atoms with Gasteiger partial charge in [0, 0.05) is 24.7 Å². The van der Waals surface area contributed by atoms with E-state index in [1.165, 1.54) is 37.5 Å². The second-order valence-electron chi connectivity index (χ2n) is 9.64. The number of pyridine rings is 1. The number of hydrogen-bond acceptors (Lipinski definition) is 5. The van der Waals surface area contributed by atoms with E-state index in [4.69, 9.17) is 19.4 Å². The zero-order valence-electron chi connectivity index (χ0n) is 21.2. The van der Waals surface area contributed by atoms with Crippen molar-refractivity contribution >= 4 is 28.0 Å². The van der Waals surface area contributed by atoms with Gasteiger partial charge in [-0.3, -0.25) is 0 Å². The average molecular weight is 495 g/mol. The smallest absolute Gasteiger partial charge is 0.338 e. The summed E-state index contributed by atoms with van der Waals surface area (Å²) in [6.45, 7) is 1.50. The molecule has 0 fully saturated rings. The lowest BCUT2D eigenvalue weighted by Gasteiger charge is -2.15. The van der Waals surface area contributed by atoms with E-state index < -0.39 is 5.97 Å². The zero-order valence-corrected chi connectivity index (χ0v) is 21.2. The summed E-state index contributed by atoms with van der Waals surface area (Å²) < 4.78 is 15.3. The zero-order chi connectivity index (χ0) is 25.4. The first-order chi connectivity index (χ1) is 18.2. The highest BCUT2D eigenvalue weighted by Crippen LogP contribution is 2.36. The van der Waals surface area contributed by atoms with Gasteiger partial charge in [0.2, 0.25) is 0 Å². The molecule has 0 N–H and O–H groups in total. The summed E-state index contributed by atoms with van der Waals surface area (Å²) in [5.74, 6) is 1.01. The van der Waals surface area contributed by atoms with E-state index >= 15 is 0 Å². The van der Waals surface area contributed by atoms with Gasteiger partial charge >= 0.3 is 5.97 Å². The van der Waals surface area contributed by atoms with E-state index in [9.17, 15) is 4.79 Å². The summed E-state index contributed by atoms with van der Waals surface area (Å²) in [6.07, 6.45) is 7.56. The Bertz CT molecular complexity index is 1610. The molecule has 7 heteroatoms. The number of carbonyl (C=O) groups is 1. The van der Waals surface area contributed by atoms with Crippen molar-refractivity contribution < 1.29 is 14.3 Å². The second kappa shape index (κ2) is 9.73. The molecular formula is C30H30N4O3. The quantitative estimate of drug-likeness (QED) is 0.281. The Hall–Kier alpha value is -4.13. The first kappa shape index (κ1) is 23.3. The number of aromatic nitrogens is 4. The Morgan fingerprint density at radius 2 is 1.78 bits per heavy atom. The molecule has 5 aromatic rings. The lowest BCUT2D eigenvalue weighted by atomic mass is 10.0. The number of imidazole rings is 1. The largest absolute Gasteiger partial charge is 0.494 e. The Labute approximate surface area is 215 Å². The third kappa shape index (κ3) is 4.24. The molecule has 7 nitrogen and oxygen atoms in total. The molecule has 3 aromatic heterocycles. The van der Waals surface area contributed by atoms with Crippen LogP contribution in [0.3, 0.4) is 0 Å². The number of esters is 1. The molecule has 0 spiro atoms. The van der Waals surface area contributed by atoms with Crippen LogP contribution in [0.25, 0.3) is 33.6 Å². The molecule has 4 heterocycles. The maximum Gasteiger partial charge on any atom is 0.338 e. The minimum Gasteiger partial charge on any atom is -0.494 e. The van der Waals surface area contributed by atoms with Gasteiger partial charge in [-0.05, 0) is 60.7 Å². The maximum absolute atomic E-state index is 12.4. The van der Waals surface area contributed by atoms with E-state index in [1.807, 2.05) is 12.3 Å². The van der Waals surface area contributed by atoms with Crippen molar-refractivity contribution in [1.82, 2.24) is 19.1 Å². The average Bonchev–Trinajstić information content (AvgIpc) is 3.47. The molecule has 0 aliphatic carbocycles. The van der Waals surface area contributed by atoms with Crippen molar-refractivity contribution in [1.29, 1.82) is 0 Å². The lowest BCUT2D eigenvalue weighted by Crippen LogP contribution is -2.08. The number of nitrogens with zero attached hydrogens (tertiary/aromatic N) is 4. The van der Waals surface area contributed by atoms with Crippen LogP contribution in [-0.2, 0) is 24.2 Å². The third-order valence-corrected chi connectivity index (χ3v) is 7.26. The predicted molar refractivity (Wildman–Crippen MR) is 144 cm³/mol. The Morgan fingerprint density at radius 1 is 0.919 bits per heavy atom. The van der Waals surface area contributed by atoms with Gasteiger partial charge in [0.05, 0.1) is 31.0 Å². The van der Waals surface area contributed by atoms with Crippen LogP contribution in [-0.4, -0.2) is 39.3 Å². The van der Waals surface area contributed by atoms with Crippen LogP contribution in [0.15, 0.2) is 60.8 Å². The molecule has 37 heavy (non-hydrogen) atoms. The Kier molecular flexibility index (Phi) is 6.12. The molecule has 0 saturated heterocycles. The molecule has 0 atom stereocenters. The molecule has 0 radical (unpaired) electrons. The molecule has 0 saturated carbocycles. The van der Waals surface area contributed by atoms with E-state index in [0.717, 1.165) is 47.5 Å². The van der Waals surface area contributed by atoms with Crippen LogP contribution in [0, 0.1) is 0 Å². The summed E-state index contributed by atoms with van der Waals surface area (Å²) in [5.41, 5.74) is 6.51. The Morgan fingerprint density at radius 3 is 2.65 bits per heavy atom. The van der Waals surface area contributed by atoms with Gasteiger partial charge < -0.3 is 18.6 Å². The van der Waals surface area contributed by atoms with Crippen molar-refractivity contribution in [3.05, 3.63) is 77.5 Å². The molecule has 0 amide bonds. The normalized spacial score (nSPS) is 14.1. The first-order valence-corrected chi connectivity index (χ1v) is 12.9. The molecule has 1 aliphatic heterocycles. The van der Waals surface area contributed by atoms with Crippen molar-refractivity contribution in [3.8, 4) is 17.3 Å². The summed E-state index contributed by atoms with van der Waals surface area (Å²) >= 11 is 0. The number of rotatable bonds is 2. The van der Waals surface area contributed by atoms with E-state index in [-0.39, 0.29) is 0 Å². The Balaban J connectivity index is 1.65. The van der Waals surface area contributed by atoms with Crippen molar-refractivity contribution in [2.24, 2.45) is 0 Å². The third-order valence-electron chi connectivity index (χ3n) is 7.26. The highest BCUT2D eigenvalue weighted by Gasteiger charge is 2.23. The molecule has 2 bridgehead atoms. The van der Waals surface area contributed by atoms with Gasteiger partial charge in [0.1, 0.15) is 16.9 Å². The number of aryl methyl sites for hydroxylation is 2. The van der Waals surface area contributed by atoms with E-state index in [0.29, 0.717) is 23.4 Å². The fraction of sp³-hybridized carbons (Fsp3) is 0.300. The first-order valence-electron chi connectivity index (χ1n) is 12.9. The van der Waals surface area contributed by atoms with Gasteiger partial charge in [-0.2, -0.15) is 0 Å². The molecule has 188 valence electrons. The van der Waals surface area contributed by atoms with Gasteiger partial charge in [-0.15, -0.1) is 0 Å². The van der Waals surface area contributed by atoms with Crippen molar-refractivity contribution in [3.63, 3.8) is 0 Å². The SMILES string of the molecule is COC(=O)c1cc(OC)c2c(c1)nc1n2Cc2cccc(c2)CCCCCCn2c-1cc1cccnc12. The van der Waals surface area contributed by atoms with E-state index in [2.05, 4.69) is 45.5 Å². The molecular weight excluding hydrogens is 464 g/mol. The monoisotopic (exact) mass is 494 g/mol. The van der Waals surface area contributed by atoms with Crippen LogP contribution >= 0.6 is 0 Å². The topological polar surface area (TPSA) is 71.2 Å². The molecule has 1 aliphatic rings. The number of ether oxygens (including phenoxy) is 2. The van der Waals surface area contributed by atoms with E-state index in [1.54, 1.807) is 19.2 Å². The van der Waals surface area contributed by atoms with Crippen LogP contribution < -0.4 is 4.74 Å². The number of carbonyl (C=O) groups excluding carboxylic acids is 1. The summed E-state index contributed by atoms with van der Waals surface area (Å²) in [5, 5.41) is 1.09. The van der Waals surface area contributed by atoms with Gasteiger partial charge in [-0.1, -0.05) is 37.1 Å². The number of methoxy groups -OCH3 is 2. The summed E-state index contributed by atoms with van der Waals surface area (Å²) in [4.78, 5) is 22.3. The fourth-order valence-corrected chi connectivity index (χ4v) is 5.49. The number of hydrogen-bond donors (Lipinski definition) is 0. The molecule has 0 unspecified atom stereocenters. The second-order valence-corrected chi connectivity index (χ2v) is 9.64. The summed E-state index contributed by atoms with van der Waals surface area (Å²) in [6, 6.07) is 18.6. The van der Waals surface area contributed by atoms with Gasteiger partial charge in [-0.25, -0.2) is 14.8 Å². The van der Waals surface area contributed by atoms with Gasteiger partial charge in [0.25, 0.3) is 0 Å². The molecule has 6 rings (SSSR count). The van der Waals surface area contributed by atoms with Crippen molar-refractivity contribution in [2.75, 3.05) is 14.2 Å². The van der Waals surface area contributed by atoms with Crippen LogP contribution in [0.2, 0.25) is 0 Å². The number of fused-ring (bicyclic) bond motifs is 9. The lowest BCUT2D eigenvalue weighted by molar-refractivity contribution is 0.0600. The predicted octanol–water partition coefficient (Wildman–Crippen LogP) is 6.01. The standard InChI is InChI=1S/C30H30N4O3/c1-36-26-18-23(30(35)37-2)16-24-27(26)34-19-21-11-7-10-20(15-21)9-5-3-4-6-14-33-25(29(34)32-24)17-22-12-8-13-31-28(22)33/h7-8,10-13,15-18H,3-6,9,14,19H2,1-2H3. The summed E-state index contributed by atoms with van der Waals surface area (Å²) in [7, 11) is 3.01. The molecule has 2 aromatic carbocycles. The highest BCUT2D eigenvalue weighted by atomic mass is 16.5. The maximum atomic E-state index is 12.4. The van der Waals surface area contributed by atoms with Crippen molar-refractivity contribution in [2.45, 2.75) is 45.2 Å². The minimum absolute atomic E-state index is 0.415. The van der Waals surface area contributed by atoms with Crippen LogP contribution in [0.4, 0.5) is 0 Å². The number of benzene rings is 2. The highest BCUT2D eigenvalue weighted by molar-refractivity contribution is 5.97. The minimum atomic E-state index is -0.416. The van der Waals surface area contributed by atoms with Gasteiger partial charge in [0.15, 0.2) is 5.82 Å². The fourth-order valence-electron chi connectivity index (χ4n) is 5.49.